The molecule has 0 saturated carbocycles. The van der Waals surface area contributed by atoms with Crippen LogP contribution in [-0.4, -0.2) is 50.0 Å². The van der Waals surface area contributed by atoms with Gasteiger partial charge in [-0.3, -0.25) is 4.98 Å². The summed E-state index contributed by atoms with van der Waals surface area (Å²) in [7, 11) is 3.32. The van der Waals surface area contributed by atoms with Crippen LogP contribution in [0.25, 0.3) is 0 Å². The van der Waals surface area contributed by atoms with Crippen LogP contribution in [0.5, 0.6) is 0 Å². The van der Waals surface area contributed by atoms with Crippen molar-refractivity contribution in [1.82, 2.24) is 15.3 Å². The summed E-state index contributed by atoms with van der Waals surface area (Å²) < 4.78 is 10.3. The molecule has 0 radical (unpaired) electrons. The maximum atomic E-state index is 5.27. The summed E-state index contributed by atoms with van der Waals surface area (Å²) in [6.07, 6.45) is 3.54. The molecule has 0 amide bonds. The lowest BCUT2D eigenvalue weighted by molar-refractivity contribution is 0.0365. The summed E-state index contributed by atoms with van der Waals surface area (Å²) in [6, 6.07) is 0. The Bertz CT molecular complexity index is 357. The molecule has 1 unspecified atom stereocenters. The monoisotopic (exact) mass is 282 g/mol. The largest absolute Gasteiger partial charge is 0.382 e. The number of hydrogen-bond donors (Lipinski definition) is 2. The van der Waals surface area contributed by atoms with Crippen LogP contribution in [0.3, 0.4) is 0 Å². The Hall–Kier alpha value is -1.24. The fourth-order valence-electron chi connectivity index (χ4n) is 1.64. The normalized spacial score (nSPS) is 12.7. The van der Waals surface area contributed by atoms with Gasteiger partial charge in [0.2, 0.25) is 0 Å². The van der Waals surface area contributed by atoms with Gasteiger partial charge in [-0.2, -0.15) is 0 Å². The van der Waals surface area contributed by atoms with Crippen LogP contribution >= 0.6 is 0 Å². The molecule has 0 bridgehead atoms. The van der Waals surface area contributed by atoms with Crippen LogP contribution in [-0.2, 0) is 16.0 Å². The molecule has 0 spiro atoms. The highest BCUT2D eigenvalue weighted by Gasteiger charge is 2.06. The van der Waals surface area contributed by atoms with Gasteiger partial charge in [-0.1, -0.05) is 13.8 Å². The summed E-state index contributed by atoms with van der Waals surface area (Å²) in [5.74, 6) is 1.38. The molecular formula is C14H26N4O2. The van der Waals surface area contributed by atoms with Crippen LogP contribution in [0, 0.1) is 5.92 Å². The van der Waals surface area contributed by atoms with E-state index in [0.29, 0.717) is 19.1 Å². The predicted molar refractivity (Wildman–Crippen MR) is 79.7 cm³/mol. The van der Waals surface area contributed by atoms with Gasteiger partial charge in [-0.25, -0.2) is 4.98 Å². The number of rotatable bonds is 10. The van der Waals surface area contributed by atoms with Gasteiger partial charge in [0, 0.05) is 27.3 Å². The molecule has 1 aromatic heterocycles. The van der Waals surface area contributed by atoms with Crippen molar-refractivity contribution >= 4 is 5.82 Å². The Kier molecular flexibility index (Phi) is 8.10. The Morgan fingerprint density at radius 1 is 1.15 bits per heavy atom. The minimum Gasteiger partial charge on any atom is -0.382 e. The maximum absolute atomic E-state index is 5.27. The Labute approximate surface area is 121 Å². The van der Waals surface area contributed by atoms with Crippen molar-refractivity contribution < 1.29 is 9.47 Å². The Morgan fingerprint density at radius 3 is 2.50 bits per heavy atom. The first kappa shape index (κ1) is 16.8. The number of methoxy groups -OCH3 is 2. The zero-order chi connectivity index (χ0) is 14.8. The molecule has 0 fully saturated rings. The van der Waals surface area contributed by atoms with Gasteiger partial charge in [0.25, 0.3) is 0 Å². The molecule has 0 aliphatic rings. The number of nitrogens with zero attached hydrogens (tertiary/aromatic N) is 2. The summed E-state index contributed by atoms with van der Waals surface area (Å²) in [6.45, 7) is 7.28. The average Bonchev–Trinajstić information content (AvgIpc) is 2.44. The van der Waals surface area contributed by atoms with Crippen LogP contribution < -0.4 is 10.6 Å². The number of hydrogen-bond acceptors (Lipinski definition) is 6. The Morgan fingerprint density at radius 2 is 1.95 bits per heavy atom. The van der Waals surface area contributed by atoms with Crippen molar-refractivity contribution in [3.63, 3.8) is 0 Å². The van der Waals surface area contributed by atoms with Crippen LogP contribution in [0.4, 0.5) is 5.82 Å². The molecule has 20 heavy (non-hydrogen) atoms. The van der Waals surface area contributed by atoms with Gasteiger partial charge < -0.3 is 20.1 Å². The van der Waals surface area contributed by atoms with E-state index in [9.17, 15) is 0 Å². The summed E-state index contributed by atoms with van der Waals surface area (Å²) in [5.41, 5.74) is 0.941. The number of aromatic nitrogens is 2. The van der Waals surface area contributed by atoms with Crippen LogP contribution in [0.2, 0.25) is 0 Å². The van der Waals surface area contributed by atoms with E-state index in [1.807, 2.05) is 0 Å². The maximum Gasteiger partial charge on any atom is 0.144 e. The highest BCUT2D eigenvalue weighted by Crippen LogP contribution is 2.02. The highest BCUT2D eigenvalue weighted by molar-refractivity contribution is 5.31. The third kappa shape index (κ3) is 6.79. The van der Waals surface area contributed by atoms with Gasteiger partial charge in [0.15, 0.2) is 0 Å². The van der Waals surface area contributed by atoms with Crippen molar-refractivity contribution in [3.8, 4) is 0 Å². The molecule has 1 atom stereocenters. The first-order valence-electron chi connectivity index (χ1n) is 6.93. The standard InChI is InChI=1S/C14H26N4O2/c1-11(2)5-15-6-12-7-17-14(9-16-12)18-8-13(20-4)10-19-3/h7,9,11,13,15H,5-6,8,10H2,1-4H3,(H,17,18). The third-order valence-electron chi connectivity index (χ3n) is 2.76. The van der Waals surface area contributed by atoms with Gasteiger partial charge in [0.1, 0.15) is 5.82 Å². The van der Waals surface area contributed by atoms with Crippen LogP contribution in [0.15, 0.2) is 12.4 Å². The Balaban J connectivity index is 2.34. The van der Waals surface area contributed by atoms with Crippen molar-refractivity contribution in [3.05, 3.63) is 18.1 Å². The van der Waals surface area contributed by atoms with Gasteiger partial charge in [-0.05, 0) is 12.5 Å². The fraction of sp³-hybridized carbons (Fsp3) is 0.714. The molecule has 6 nitrogen and oxygen atoms in total. The fourth-order valence-corrected chi connectivity index (χ4v) is 1.64. The molecule has 2 N–H and O–H groups in total. The lowest BCUT2D eigenvalue weighted by Gasteiger charge is -2.15. The molecule has 1 rings (SSSR count). The number of nitrogens with one attached hydrogen (secondary N) is 2. The van der Waals surface area contributed by atoms with Gasteiger partial charge in [-0.15, -0.1) is 0 Å². The molecule has 0 aliphatic heterocycles. The quantitative estimate of drug-likeness (QED) is 0.674. The van der Waals surface area contributed by atoms with Crippen molar-refractivity contribution in [1.29, 1.82) is 0 Å². The minimum atomic E-state index is 0.00850. The van der Waals surface area contributed by atoms with E-state index >= 15 is 0 Å². The summed E-state index contributed by atoms with van der Waals surface area (Å²) in [4.78, 5) is 8.70. The van der Waals surface area contributed by atoms with E-state index in [2.05, 4.69) is 34.4 Å². The van der Waals surface area contributed by atoms with E-state index in [4.69, 9.17) is 9.47 Å². The SMILES string of the molecule is COCC(CNc1cnc(CNCC(C)C)cn1)OC. The lowest BCUT2D eigenvalue weighted by Crippen LogP contribution is -2.27. The summed E-state index contributed by atoms with van der Waals surface area (Å²) in [5, 5.41) is 6.52. The van der Waals surface area contributed by atoms with Gasteiger partial charge in [0.05, 0.1) is 30.8 Å². The molecule has 6 heteroatoms. The first-order valence-corrected chi connectivity index (χ1v) is 6.93. The van der Waals surface area contributed by atoms with Crippen molar-refractivity contribution in [2.75, 3.05) is 39.2 Å². The van der Waals surface area contributed by atoms with E-state index in [-0.39, 0.29) is 6.10 Å². The van der Waals surface area contributed by atoms with Crippen molar-refractivity contribution in [2.24, 2.45) is 5.92 Å². The lowest BCUT2D eigenvalue weighted by atomic mass is 10.2. The first-order chi connectivity index (χ1) is 9.65. The highest BCUT2D eigenvalue weighted by atomic mass is 16.5. The number of ether oxygens (including phenoxy) is 2. The smallest absolute Gasteiger partial charge is 0.144 e. The zero-order valence-corrected chi connectivity index (χ0v) is 12.8. The molecule has 0 aliphatic carbocycles. The molecule has 0 saturated heterocycles. The van der Waals surface area contributed by atoms with Crippen LogP contribution in [0.1, 0.15) is 19.5 Å². The van der Waals surface area contributed by atoms with Crippen molar-refractivity contribution in [2.45, 2.75) is 26.5 Å². The van der Waals surface area contributed by atoms with E-state index in [0.717, 1.165) is 24.6 Å². The third-order valence-corrected chi connectivity index (χ3v) is 2.76. The molecule has 1 aromatic rings. The summed E-state index contributed by atoms with van der Waals surface area (Å²) >= 11 is 0. The second-order valence-corrected chi connectivity index (χ2v) is 5.11. The van der Waals surface area contributed by atoms with Gasteiger partial charge >= 0.3 is 0 Å². The van der Waals surface area contributed by atoms with E-state index < -0.39 is 0 Å². The second-order valence-electron chi connectivity index (χ2n) is 5.11. The topological polar surface area (TPSA) is 68.3 Å². The van der Waals surface area contributed by atoms with E-state index in [1.165, 1.54) is 0 Å². The van der Waals surface area contributed by atoms with E-state index in [1.54, 1.807) is 26.6 Å². The molecule has 114 valence electrons. The molecule has 1 heterocycles. The molecule has 0 aromatic carbocycles. The zero-order valence-electron chi connectivity index (χ0n) is 12.8. The minimum absolute atomic E-state index is 0.00850. The molecular weight excluding hydrogens is 256 g/mol. The average molecular weight is 282 g/mol. The second kappa shape index (κ2) is 9.63. The predicted octanol–water partition coefficient (Wildman–Crippen LogP) is 1.30. The number of anilines is 1.